The number of carbonyl (C=O) groups is 2. The fraction of sp³-hybridized carbons (Fsp3) is 0.600. The molecule has 1 aliphatic rings. The first kappa shape index (κ1) is 14.6. The highest BCUT2D eigenvalue weighted by Crippen LogP contribution is 2.19. The van der Waals surface area contributed by atoms with Crippen LogP contribution in [-0.4, -0.2) is 41.0 Å². The van der Waals surface area contributed by atoms with Gasteiger partial charge in [-0.2, -0.15) is 0 Å². The van der Waals surface area contributed by atoms with E-state index in [-0.39, 0.29) is 17.8 Å². The van der Waals surface area contributed by atoms with Crippen molar-refractivity contribution in [2.45, 2.75) is 26.2 Å². The molecule has 1 fully saturated rings. The van der Waals surface area contributed by atoms with Crippen molar-refractivity contribution in [2.75, 3.05) is 19.7 Å². The van der Waals surface area contributed by atoms with Crippen molar-refractivity contribution in [2.24, 2.45) is 13.0 Å². The van der Waals surface area contributed by atoms with Crippen LogP contribution in [-0.2, 0) is 27.8 Å². The molecular weight excluding hydrogens is 256 g/mol. The third kappa shape index (κ3) is 3.62. The number of nitrogens with zero attached hydrogens (tertiary/aromatic N) is 2. The van der Waals surface area contributed by atoms with Crippen molar-refractivity contribution < 1.29 is 14.3 Å². The number of esters is 1. The van der Waals surface area contributed by atoms with E-state index in [0.29, 0.717) is 39.0 Å². The van der Waals surface area contributed by atoms with E-state index in [1.165, 1.54) is 0 Å². The van der Waals surface area contributed by atoms with E-state index in [4.69, 9.17) is 4.74 Å². The van der Waals surface area contributed by atoms with Crippen LogP contribution < -0.4 is 0 Å². The normalized spacial score (nSPS) is 16.2. The zero-order chi connectivity index (χ0) is 14.5. The van der Waals surface area contributed by atoms with Crippen LogP contribution in [0.2, 0.25) is 0 Å². The number of likely N-dealkylation sites (tertiary alicyclic amines) is 1. The minimum absolute atomic E-state index is 0.0456. The fourth-order valence-corrected chi connectivity index (χ4v) is 2.58. The fourth-order valence-electron chi connectivity index (χ4n) is 2.58. The molecule has 0 unspecified atom stereocenters. The number of piperidine rings is 1. The summed E-state index contributed by atoms with van der Waals surface area (Å²) in [6.45, 7) is 3.53. The molecule has 0 atom stereocenters. The van der Waals surface area contributed by atoms with Crippen LogP contribution in [0.4, 0.5) is 0 Å². The van der Waals surface area contributed by atoms with E-state index < -0.39 is 0 Å². The highest BCUT2D eigenvalue weighted by atomic mass is 16.5. The lowest BCUT2D eigenvalue weighted by Gasteiger charge is -2.30. The summed E-state index contributed by atoms with van der Waals surface area (Å²) in [4.78, 5) is 25.7. The smallest absolute Gasteiger partial charge is 0.309 e. The molecule has 0 spiro atoms. The molecule has 2 heterocycles. The predicted molar refractivity (Wildman–Crippen MR) is 75.1 cm³/mol. The van der Waals surface area contributed by atoms with Gasteiger partial charge in [-0.15, -0.1) is 0 Å². The molecule has 5 heteroatoms. The van der Waals surface area contributed by atoms with Gasteiger partial charge in [-0.3, -0.25) is 9.59 Å². The summed E-state index contributed by atoms with van der Waals surface area (Å²) in [5, 5.41) is 0. The van der Waals surface area contributed by atoms with E-state index in [1.54, 1.807) is 0 Å². The minimum atomic E-state index is -0.123. The van der Waals surface area contributed by atoms with Gasteiger partial charge < -0.3 is 14.2 Å². The Balaban J connectivity index is 1.81. The molecule has 0 bridgehead atoms. The van der Waals surface area contributed by atoms with Crippen LogP contribution in [0, 0.1) is 5.92 Å². The number of carbonyl (C=O) groups excluding carboxylic acids is 2. The van der Waals surface area contributed by atoms with E-state index in [0.717, 1.165) is 5.56 Å². The molecule has 110 valence electrons. The average Bonchev–Trinajstić information content (AvgIpc) is 2.84. The first-order valence-electron chi connectivity index (χ1n) is 7.15. The summed E-state index contributed by atoms with van der Waals surface area (Å²) in [7, 11) is 1.94. The highest BCUT2D eigenvalue weighted by Gasteiger charge is 2.28. The van der Waals surface area contributed by atoms with Crippen LogP contribution >= 0.6 is 0 Å². The number of rotatable bonds is 4. The van der Waals surface area contributed by atoms with Gasteiger partial charge in [-0.1, -0.05) is 0 Å². The molecular formula is C15H22N2O3. The van der Waals surface area contributed by atoms with E-state index in [2.05, 4.69) is 0 Å². The van der Waals surface area contributed by atoms with Crippen molar-refractivity contribution >= 4 is 11.9 Å². The lowest BCUT2D eigenvalue weighted by Crippen LogP contribution is -2.41. The predicted octanol–water partition coefficient (Wildman–Crippen LogP) is 1.37. The van der Waals surface area contributed by atoms with Gasteiger partial charge in [-0.05, 0) is 31.4 Å². The molecule has 0 aromatic carbocycles. The Morgan fingerprint density at radius 3 is 2.60 bits per heavy atom. The number of hydrogen-bond donors (Lipinski definition) is 0. The Labute approximate surface area is 119 Å². The van der Waals surface area contributed by atoms with Crippen molar-refractivity contribution in [3.63, 3.8) is 0 Å². The van der Waals surface area contributed by atoms with Crippen molar-refractivity contribution in [3.05, 3.63) is 24.0 Å². The molecule has 0 saturated carbocycles. The topological polar surface area (TPSA) is 51.5 Å². The van der Waals surface area contributed by atoms with Crippen LogP contribution in [0.5, 0.6) is 0 Å². The molecule has 1 saturated heterocycles. The average molecular weight is 278 g/mol. The second-order valence-electron chi connectivity index (χ2n) is 5.27. The van der Waals surface area contributed by atoms with Gasteiger partial charge in [0.25, 0.3) is 0 Å². The quantitative estimate of drug-likeness (QED) is 0.782. The number of aryl methyl sites for hydroxylation is 1. The Morgan fingerprint density at radius 1 is 1.35 bits per heavy atom. The first-order valence-corrected chi connectivity index (χ1v) is 7.15. The van der Waals surface area contributed by atoms with Gasteiger partial charge in [0, 0.05) is 32.5 Å². The molecule has 0 N–H and O–H groups in total. The van der Waals surface area contributed by atoms with Gasteiger partial charge in [0.05, 0.1) is 18.9 Å². The Morgan fingerprint density at radius 2 is 2.05 bits per heavy atom. The second kappa shape index (κ2) is 6.59. The molecule has 1 aliphatic heterocycles. The van der Waals surface area contributed by atoms with Crippen LogP contribution in [0.3, 0.4) is 0 Å². The highest BCUT2D eigenvalue weighted by molar-refractivity contribution is 5.79. The molecule has 20 heavy (non-hydrogen) atoms. The maximum Gasteiger partial charge on any atom is 0.309 e. The molecule has 1 aromatic rings. The molecule has 1 aromatic heterocycles. The first-order chi connectivity index (χ1) is 9.60. The maximum absolute atomic E-state index is 12.2. The molecule has 0 aliphatic carbocycles. The van der Waals surface area contributed by atoms with E-state index in [1.807, 2.05) is 41.9 Å². The standard InChI is InChI=1S/C15H22N2O3/c1-3-20-15(19)13-5-8-17(9-6-13)14(18)10-12-4-7-16(2)11-12/h4,7,11,13H,3,5-6,8-10H2,1-2H3. The summed E-state index contributed by atoms with van der Waals surface area (Å²) in [5.74, 6) is -0.0307. The zero-order valence-corrected chi connectivity index (χ0v) is 12.2. The lowest BCUT2D eigenvalue weighted by molar-refractivity contribution is -0.151. The van der Waals surface area contributed by atoms with E-state index >= 15 is 0 Å². The maximum atomic E-state index is 12.2. The minimum Gasteiger partial charge on any atom is -0.466 e. The SMILES string of the molecule is CCOC(=O)C1CCN(C(=O)Cc2ccn(C)c2)CC1. The molecule has 5 nitrogen and oxygen atoms in total. The molecule has 2 rings (SSSR count). The molecule has 0 radical (unpaired) electrons. The van der Waals surface area contributed by atoms with Gasteiger partial charge in [0.2, 0.25) is 5.91 Å². The summed E-state index contributed by atoms with van der Waals surface area (Å²) in [6, 6.07) is 1.96. The Kier molecular flexibility index (Phi) is 4.82. The largest absolute Gasteiger partial charge is 0.466 e. The number of aromatic nitrogens is 1. The lowest BCUT2D eigenvalue weighted by atomic mass is 9.96. The number of hydrogen-bond acceptors (Lipinski definition) is 3. The summed E-state index contributed by atoms with van der Waals surface area (Å²) in [6.07, 6.45) is 5.75. The molecule has 1 amide bonds. The Hall–Kier alpha value is -1.78. The zero-order valence-electron chi connectivity index (χ0n) is 12.2. The number of amides is 1. The van der Waals surface area contributed by atoms with Crippen molar-refractivity contribution in [1.29, 1.82) is 0 Å². The van der Waals surface area contributed by atoms with E-state index in [9.17, 15) is 9.59 Å². The summed E-state index contributed by atoms with van der Waals surface area (Å²) in [5.41, 5.74) is 1.03. The third-order valence-corrected chi connectivity index (χ3v) is 3.72. The van der Waals surface area contributed by atoms with Crippen LogP contribution in [0.25, 0.3) is 0 Å². The summed E-state index contributed by atoms with van der Waals surface area (Å²) < 4.78 is 6.97. The third-order valence-electron chi connectivity index (χ3n) is 3.72. The van der Waals surface area contributed by atoms with Gasteiger partial charge >= 0.3 is 5.97 Å². The van der Waals surface area contributed by atoms with Crippen LogP contribution in [0.1, 0.15) is 25.3 Å². The van der Waals surface area contributed by atoms with Crippen molar-refractivity contribution in [3.8, 4) is 0 Å². The van der Waals surface area contributed by atoms with Crippen LogP contribution in [0.15, 0.2) is 18.5 Å². The summed E-state index contributed by atoms with van der Waals surface area (Å²) >= 11 is 0. The van der Waals surface area contributed by atoms with Gasteiger partial charge in [0.15, 0.2) is 0 Å². The van der Waals surface area contributed by atoms with Crippen molar-refractivity contribution in [1.82, 2.24) is 9.47 Å². The van der Waals surface area contributed by atoms with Gasteiger partial charge in [0.1, 0.15) is 0 Å². The Bertz CT molecular complexity index is 473. The second-order valence-corrected chi connectivity index (χ2v) is 5.27. The number of ether oxygens (including phenoxy) is 1. The monoisotopic (exact) mass is 278 g/mol. The van der Waals surface area contributed by atoms with Gasteiger partial charge in [-0.25, -0.2) is 0 Å².